The number of carbonyl (C=O) groups excluding carboxylic acids is 1. The zero-order valence-corrected chi connectivity index (χ0v) is 11.9. The number of hydrogen-bond acceptors (Lipinski definition) is 3. The lowest BCUT2D eigenvalue weighted by atomic mass is 10.1. The van der Waals surface area contributed by atoms with Crippen LogP contribution in [0, 0.1) is 0 Å². The van der Waals surface area contributed by atoms with Crippen LogP contribution in [0.1, 0.15) is 24.5 Å². The third kappa shape index (κ3) is 5.76. The number of rotatable bonds is 7. The van der Waals surface area contributed by atoms with Crippen LogP contribution in [-0.4, -0.2) is 29.6 Å². The second kappa shape index (κ2) is 8.40. The van der Waals surface area contributed by atoms with Gasteiger partial charge in [-0.2, -0.15) is 11.8 Å². The summed E-state index contributed by atoms with van der Waals surface area (Å²) >= 11 is 7.49. The zero-order chi connectivity index (χ0) is 13.4. The van der Waals surface area contributed by atoms with E-state index in [0.717, 1.165) is 17.7 Å². The Morgan fingerprint density at radius 2 is 2.11 bits per heavy atom. The maximum atomic E-state index is 11.5. The predicted octanol–water partition coefficient (Wildman–Crippen LogP) is 2.63. The highest BCUT2D eigenvalue weighted by atomic mass is 35.5. The standard InChI is InChI=1S/C13H18ClNO2S/c1-18-8-2-3-13(17)15-9-12(16)10-4-6-11(14)7-5-10/h4-7,12,16H,2-3,8-9H2,1H3,(H,15,17). The summed E-state index contributed by atoms with van der Waals surface area (Å²) in [5.41, 5.74) is 0.754. The molecule has 0 spiro atoms. The van der Waals surface area contributed by atoms with E-state index >= 15 is 0 Å². The van der Waals surface area contributed by atoms with Crippen molar-refractivity contribution < 1.29 is 9.90 Å². The van der Waals surface area contributed by atoms with Gasteiger partial charge in [0.05, 0.1) is 6.10 Å². The van der Waals surface area contributed by atoms with E-state index in [-0.39, 0.29) is 12.5 Å². The first-order valence-electron chi connectivity index (χ1n) is 5.82. The van der Waals surface area contributed by atoms with Gasteiger partial charge in [0.2, 0.25) is 5.91 Å². The molecule has 0 aromatic heterocycles. The summed E-state index contributed by atoms with van der Waals surface area (Å²) in [5.74, 6) is 0.963. The van der Waals surface area contributed by atoms with Gasteiger partial charge in [0.15, 0.2) is 0 Å². The lowest BCUT2D eigenvalue weighted by Crippen LogP contribution is -2.28. The van der Waals surface area contributed by atoms with Crippen molar-refractivity contribution in [3.8, 4) is 0 Å². The fraction of sp³-hybridized carbons (Fsp3) is 0.462. The largest absolute Gasteiger partial charge is 0.387 e. The van der Waals surface area contributed by atoms with Gasteiger partial charge in [-0.25, -0.2) is 0 Å². The van der Waals surface area contributed by atoms with Crippen molar-refractivity contribution in [2.45, 2.75) is 18.9 Å². The number of thioether (sulfide) groups is 1. The highest BCUT2D eigenvalue weighted by Crippen LogP contribution is 2.15. The van der Waals surface area contributed by atoms with Crippen LogP contribution in [0.5, 0.6) is 0 Å². The number of nitrogens with one attached hydrogen (secondary N) is 1. The van der Waals surface area contributed by atoms with Crippen LogP contribution < -0.4 is 5.32 Å². The molecule has 1 atom stereocenters. The van der Waals surface area contributed by atoms with Crippen LogP contribution in [0.4, 0.5) is 0 Å². The van der Waals surface area contributed by atoms with Gasteiger partial charge >= 0.3 is 0 Å². The van der Waals surface area contributed by atoms with E-state index in [1.807, 2.05) is 6.26 Å². The summed E-state index contributed by atoms with van der Waals surface area (Å²) in [6.45, 7) is 0.236. The molecule has 3 nitrogen and oxygen atoms in total. The van der Waals surface area contributed by atoms with Crippen molar-refractivity contribution >= 4 is 29.3 Å². The monoisotopic (exact) mass is 287 g/mol. The third-order valence-electron chi connectivity index (χ3n) is 2.50. The predicted molar refractivity (Wildman–Crippen MR) is 77.0 cm³/mol. The lowest BCUT2D eigenvalue weighted by Gasteiger charge is -2.12. The van der Waals surface area contributed by atoms with Crippen molar-refractivity contribution in [1.82, 2.24) is 5.32 Å². The molecule has 1 amide bonds. The Morgan fingerprint density at radius 1 is 1.44 bits per heavy atom. The summed E-state index contributed by atoms with van der Waals surface area (Å²) in [6, 6.07) is 6.96. The van der Waals surface area contributed by atoms with E-state index in [0.29, 0.717) is 11.4 Å². The van der Waals surface area contributed by atoms with E-state index in [1.54, 1.807) is 36.0 Å². The van der Waals surface area contributed by atoms with Crippen molar-refractivity contribution in [2.75, 3.05) is 18.6 Å². The first-order chi connectivity index (χ1) is 8.63. The maximum absolute atomic E-state index is 11.5. The molecule has 0 saturated heterocycles. The SMILES string of the molecule is CSCCCC(=O)NCC(O)c1ccc(Cl)cc1. The van der Waals surface area contributed by atoms with Gasteiger partial charge in [0, 0.05) is 18.0 Å². The molecule has 1 rings (SSSR count). The molecule has 0 fully saturated rings. The van der Waals surface area contributed by atoms with Gasteiger partial charge in [-0.1, -0.05) is 23.7 Å². The minimum atomic E-state index is -0.688. The van der Waals surface area contributed by atoms with Crippen LogP contribution in [-0.2, 0) is 4.79 Å². The van der Waals surface area contributed by atoms with Gasteiger partial charge in [-0.15, -0.1) is 0 Å². The number of aliphatic hydroxyl groups is 1. The summed E-state index contributed by atoms with van der Waals surface area (Å²) < 4.78 is 0. The molecular weight excluding hydrogens is 270 g/mol. The molecule has 1 aromatic carbocycles. The number of hydrogen-bond donors (Lipinski definition) is 2. The molecule has 100 valence electrons. The number of carbonyl (C=O) groups is 1. The number of halogens is 1. The van der Waals surface area contributed by atoms with Gasteiger partial charge < -0.3 is 10.4 Å². The minimum Gasteiger partial charge on any atom is -0.387 e. The molecule has 2 N–H and O–H groups in total. The number of benzene rings is 1. The molecule has 0 radical (unpaired) electrons. The molecule has 1 aromatic rings. The van der Waals surface area contributed by atoms with E-state index in [4.69, 9.17) is 11.6 Å². The second-order valence-corrected chi connectivity index (χ2v) is 5.39. The molecule has 0 heterocycles. The smallest absolute Gasteiger partial charge is 0.220 e. The summed E-state index contributed by atoms with van der Waals surface area (Å²) in [7, 11) is 0. The Morgan fingerprint density at radius 3 is 2.72 bits per heavy atom. The van der Waals surface area contributed by atoms with Gasteiger partial charge in [0.25, 0.3) is 0 Å². The lowest BCUT2D eigenvalue weighted by molar-refractivity contribution is -0.121. The number of amides is 1. The van der Waals surface area contributed by atoms with Crippen LogP contribution in [0.2, 0.25) is 5.02 Å². The molecule has 0 aliphatic carbocycles. The van der Waals surface area contributed by atoms with Crippen LogP contribution in [0.3, 0.4) is 0 Å². The molecule has 1 unspecified atom stereocenters. The Hall–Kier alpha value is -0.710. The van der Waals surface area contributed by atoms with Crippen molar-refractivity contribution in [2.24, 2.45) is 0 Å². The van der Waals surface area contributed by atoms with Crippen LogP contribution in [0.25, 0.3) is 0 Å². The Balaban J connectivity index is 2.30. The van der Waals surface area contributed by atoms with Crippen LogP contribution >= 0.6 is 23.4 Å². The molecule has 0 bridgehead atoms. The van der Waals surface area contributed by atoms with Crippen molar-refractivity contribution in [3.63, 3.8) is 0 Å². The quantitative estimate of drug-likeness (QED) is 0.758. The first kappa shape index (κ1) is 15.3. The topological polar surface area (TPSA) is 49.3 Å². The third-order valence-corrected chi connectivity index (χ3v) is 3.45. The summed E-state index contributed by atoms with van der Waals surface area (Å²) in [5, 5.41) is 13.2. The molecule has 0 saturated carbocycles. The van der Waals surface area contributed by atoms with Gasteiger partial charge in [-0.3, -0.25) is 4.79 Å². The number of aliphatic hydroxyl groups excluding tert-OH is 1. The van der Waals surface area contributed by atoms with Gasteiger partial charge in [0.1, 0.15) is 0 Å². The second-order valence-electron chi connectivity index (χ2n) is 3.97. The molecule has 0 aliphatic rings. The fourth-order valence-electron chi connectivity index (χ4n) is 1.48. The van der Waals surface area contributed by atoms with E-state index in [1.165, 1.54) is 0 Å². The normalized spacial score (nSPS) is 12.2. The zero-order valence-electron chi connectivity index (χ0n) is 10.4. The summed E-state index contributed by atoms with van der Waals surface area (Å²) in [4.78, 5) is 11.5. The Kier molecular flexibility index (Phi) is 7.16. The summed E-state index contributed by atoms with van der Waals surface area (Å²) in [6.07, 6.45) is 2.70. The van der Waals surface area contributed by atoms with E-state index in [2.05, 4.69) is 5.32 Å². The Bertz CT molecular complexity index is 370. The highest BCUT2D eigenvalue weighted by molar-refractivity contribution is 7.98. The highest BCUT2D eigenvalue weighted by Gasteiger charge is 2.09. The van der Waals surface area contributed by atoms with Crippen LogP contribution in [0.15, 0.2) is 24.3 Å². The fourth-order valence-corrected chi connectivity index (χ4v) is 2.04. The van der Waals surface area contributed by atoms with Crippen molar-refractivity contribution in [3.05, 3.63) is 34.9 Å². The molecule has 5 heteroatoms. The molecular formula is C13H18ClNO2S. The molecule has 0 aliphatic heterocycles. The maximum Gasteiger partial charge on any atom is 0.220 e. The molecule has 18 heavy (non-hydrogen) atoms. The average molecular weight is 288 g/mol. The van der Waals surface area contributed by atoms with Gasteiger partial charge in [-0.05, 0) is 36.1 Å². The van der Waals surface area contributed by atoms with Crippen molar-refractivity contribution in [1.29, 1.82) is 0 Å². The van der Waals surface area contributed by atoms with E-state index in [9.17, 15) is 9.90 Å². The minimum absolute atomic E-state index is 0.0166. The average Bonchev–Trinajstić information content (AvgIpc) is 2.37. The first-order valence-corrected chi connectivity index (χ1v) is 7.60. The Labute approximate surface area is 117 Å². The van der Waals surface area contributed by atoms with E-state index < -0.39 is 6.10 Å².